The predicted molar refractivity (Wildman–Crippen MR) is 142 cm³/mol. The van der Waals surface area contributed by atoms with E-state index in [-0.39, 0.29) is 12.5 Å². The number of carbonyl (C=O) groups excluding carboxylic acids is 2. The molecule has 2 rings (SSSR count). The second-order valence-electron chi connectivity index (χ2n) is 10.2. The highest BCUT2D eigenvalue weighted by atomic mass is 32.2. The molecule has 0 spiro atoms. The second kappa shape index (κ2) is 11.2. The number of nitrogens with one attached hydrogen (secondary N) is 1. The van der Waals surface area contributed by atoms with Crippen LogP contribution < -0.4 is 9.62 Å². The molecular formula is C27H39N3O4S. The number of nitrogens with zero attached hydrogens (tertiary/aromatic N) is 2. The topological polar surface area (TPSA) is 86.8 Å². The molecule has 0 aliphatic heterocycles. The number of amides is 2. The minimum atomic E-state index is -3.75. The van der Waals surface area contributed by atoms with Gasteiger partial charge in [-0.05, 0) is 76.8 Å². The van der Waals surface area contributed by atoms with Crippen molar-refractivity contribution in [1.29, 1.82) is 0 Å². The van der Waals surface area contributed by atoms with Crippen LogP contribution >= 0.6 is 0 Å². The van der Waals surface area contributed by atoms with Gasteiger partial charge in [-0.3, -0.25) is 13.9 Å². The zero-order valence-corrected chi connectivity index (χ0v) is 23.0. The second-order valence-corrected chi connectivity index (χ2v) is 12.1. The fourth-order valence-corrected chi connectivity index (χ4v) is 4.72. The molecule has 0 radical (unpaired) electrons. The number of hydrogen-bond acceptors (Lipinski definition) is 4. The van der Waals surface area contributed by atoms with Gasteiger partial charge in [0.15, 0.2) is 0 Å². The van der Waals surface area contributed by atoms with Crippen LogP contribution in [0.3, 0.4) is 0 Å². The number of rotatable bonds is 9. The number of anilines is 1. The Bertz CT molecular complexity index is 1170. The van der Waals surface area contributed by atoms with Gasteiger partial charge in [0.05, 0.1) is 11.9 Å². The summed E-state index contributed by atoms with van der Waals surface area (Å²) in [6.45, 7) is 13.1. The van der Waals surface area contributed by atoms with Gasteiger partial charge in [0.25, 0.3) is 0 Å². The highest BCUT2D eigenvalue weighted by Crippen LogP contribution is 2.23. The van der Waals surface area contributed by atoms with Gasteiger partial charge < -0.3 is 10.2 Å². The van der Waals surface area contributed by atoms with E-state index in [2.05, 4.69) is 5.32 Å². The predicted octanol–water partition coefficient (Wildman–Crippen LogP) is 4.10. The summed E-state index contributed by atoms with van der Waals surface area (Å²) in [5.41, 5.74) is 3.82. The number of sulfonamides is 1. The van der Waals surface area contributed by atoms with Gasteiger partial charge >= 0.3 is 0 Å². The van der Waals surface area contributed by atoms with Crippen LogP contribution in [0.25, 0.3) is 0 Å². The Labute approximate surface area is 210 Å². The molecule has 0 aliphatic carbocycles. The van der Waals surface area contributed by atoms with Crippen LogP contribution in [0.15, 0.2) is 42.5 Å². The molecule has 2 aromatic carbocycles. The van der Waals surface area contributed by atoms with Crippen molar-refractivity contribution in [3.8, 4) is 0 Å². The quantitative estimate of drug-likeness (QED) is 0.560. The Hall–Kier alpha value is -2.87. The van der Waals surface area contributed by atoms with E-state index in [9.17, 15) is 18.0 Å². The maximum atomic E-state index is 13.7. The third-order valence-electron chi connectivity index (χ3n) is 5.78. The van der Waals surface area contributed by atoms with Gasteiger partial charge in [-0.15, -0.1) is 0 Å². The molecule has 2 amide bonds. The number of hydrogen-bond donors (Lipinski definition) is 1. The molecule has 1 N–H and O–H groups in total. The summed E-state index contributed by atoms with van der Waals surface area (Å²) in [7, 11) is -3.75. The minimum absolute atomic E-state index is 0.196. The van der Waals surface area contributed by atoms with Crippen LogP contribution in [-0.2, 0) is 26.2 Å². The average Bonchev–Trinajstić information content (AvgIpc) is 2.71. The van der Waals surface area contributed by atoms with Crippen molar-refractivity contribution in [3.05, 3.63) is 64.7 Å². The smallest absolute Gasteiger partial charge is 0.244 e. The highest BCUT2D eigenvalue weighted by Gasteiger charge is 2.33. The normalized spacial score (nSPS) is 12.7. The molecule has 0 fully saturated rings. The first kappa shape index (κ1) is 28.4. The van der Waals surface area contributed by atoms with Crippen molar-refractivity contribution in [2.24, 2.45) is 0 Å². The van der Waals surface area contributed by atoms with Crippen LogP contribution in [0.2, 0.25) is 0 Å². The molecule has 0 bridgehead atoms. The third-order valence-corrected chi connectivity index (χ3v) is 6.92. The van der Waals surface area contributed by atoms with Crippen molar-refractivity contribution in [2.75, 3.05) is 17.1 Å². The van der Waals surface area contributed by atoms with Crippen LogP contribution in [0.1, 0.15) is 56.4 Å². The first-order valence-electron chi connectivity index (χ1n) is 11.8. The molecule has 0 aliphatic rings. The van der Waals surface area contributed by atoms with Gasteiger partial charge in [0.1, 0.15) is 12.6 Å². The van der Waals surface area contributed by atoms with Crippen molar-refractivity contribution in [1.82, 2.24) is 10.2 Å². The molecule has 0 heterocycles. The molecule has 2 aromatic rings. The van der Waals surface area contributed by atoms with Gasteiger partial charge in [-0.1, -0.05) is 42.8 Å². The Morgan fingerprint density at radius 3 is 2.17 bits per heavy atom. The average molecular weight is 502 g/mol. The van der Waals surface area contributed by atoms with Gasteiger partial charge in [0.2, 0.25) is 21.8 Å². The summed E-state index contributed by atoms with van der Waals surface area (Å²) in [5.74, 6) is -0.704. The van der Waals surface area contributed by atoms with Crippen molar-refractivity contribution < 1.29 is 18.0 Å². The Balaban J connectivity index is 2.48. The van der Waals surface area contributed by atoms with E-state index >= 15 is 0 Å². The zero-order valence-electron chi connectivity index (χ0n) is 22.2. The fourth-order valence-electron chi connectivity index (χ4n) is 3.87. The van der Waals surface area contributed by atoms with E-state index in [1.54, 1.807) is 12.1 Å². The van der Waals surface area contributed by atoms with Crippen LogP contribution in [0, 0.1) is 20.8 Å². The molecule has 0 unspecified atom stereocenters. The molecule has 1 atom stereocenters. The standard InChI is InChI=1S/C27H39N3O4S/c1-9-24(26(32)28-27(5,6)7)29(17-22-12-10-11-19(2)15-22)25(31)18-30(35(8,33)34)23-14-13-20(3)21(4)16-23/h10-16,24H,9,17-18H2,1-8H3,(H,28,32)/t24-/m1/s1. The third kappa shape index (κ3) is 8.09. The van der Waals surface area contributed by atoms with E-state index in [1.807, 2.05) is 78.8 Å². The molecule has 0 saturated heterocycles. The molecule has 192 valence electrons. The van der Waals surface area contributed by atoms with Gasteiger partial charge in [-0.25, -0.2) is 8.42 Å². The van der Waals surface area contributed by atoms with Crippen molar-refractivity contribution in [2.45, 2.75) is 73.0 Å². The zero-order chi connectivity index (χ0) is 26.6. The maximum absolute atomic E-state index is 13.7. The lowest BCUT2D eigenvalue weighted by atomic mass is 10.0. The summed E-state index contributed by atoms with van der Waals surface area (Å²) in [6, 6.07) is 12.3. The summed E-state index contributed by atoms with van der Waals surface area (Å²) in [6.07, 6.45) is 1.48. The Morgan fingerprint density at radius 1 is 1.00 bits per heavy atom. The maximum Gasteiger partial charge on any atom is 0.244 e. The van der Waals surface area contributed by atoms with Crippen LogP contribution in [0.5, 0.6) is 0 Å². The number of carbonyl (C=O) groups is 2. The molecular weight excluding hydrogens is 462 g/mol. The number of aryl methyl sites for hydroxylation is 3. The number of benzene rings is 2. The summed E-state index contributed by atoms with van der Waals surface area (Å²) in [4.78, 5) is 28.4. The molecule has 35 heavy (non-hydrogen) atoms. The van der Waals surface area contributed by atoms with E-state index in [1.165, 1.54) is 4.90 Å². The summed E-state index contributed by atoms with van der Waals surface area (Å²) in [5, 5.41) is 2.97. The van der Waals surface area contributed by atoms with Gasteiger partial charge in [0, 0.05) is 12.1 Å². The van der Waals surface area contributed by atoms with Crippen LogP contribution in [-0.4, -0.2) is 49.5 Å². The lowest BCUT2D eigenvalue weighted by Gasteiger charge is -2.34. The molecule has 0 saturated carbocycles. The lowest BCUT2D eigenvalue weighted by Crippen LogP contribution is -2.55. The highest BCUT2D eigenvalue weighted by molar-refractivity contribution is 7.92. The lowest BCUT2D eigenvalue weighted by molar-refractivity contribution is -0.141. The van der Waals surface area contributed by atoms with E-state index in [4.69, 9.17) is 0 Å². The van der Waals surface area contributed by atoms with Crippen molar-refractivity contribution in [3.63, 3.8) is 0 Å². The Morgan fingerprint density at radius 2 is 1.66 bits per heavy atom. The van der Waals surface area contributed by atoms with E-state index in [0.717, 1.165) is 32.8 Å². The fraction of sp³-hybridized carbons (Fsp3) is 0.481. The summed E-state index contributed by atoms with van der Waals surface area (Å²) >= 11 is 0. The van der Waals surface area contributed by atoms with Gasteiger partial charge in [-0.2, -0.15) is 0 Å². The molecule has 0 aromatic heterocycles. The largest absolute Gasteiger partial charge is 0.350 e. The first-order chi connectivity index (χ1) is 16.1. The minimum Gasteiger partial charge on any atom is -0.350 e. The molecule has 8 heteroatoms. The monoisotopic (exact) mass is 501 g/mol. The van der Waals surface area contributed by atoms with Crippen LogP contribution in [0.4, 0.5) is 5.69 Å². The Kier molecular flexibility index (Phi) is 9.11. The SMILES string of the molecule is CC[C@H](C(=O)NC(C)(C)C)N(Cc1cccc(C)c1)C(=O)CN(c1ccc(C)c(C)c1)S(C)(=O)=O. The van der Waals surface area contributed by atoms with E-state index in [0.29, 0.717) is 12.1 Å². The van der Waals surface area contributed by atoms with E-state index < -0.39 is 34.1 Å². The molecule has 7 nitrogen and oxygen atoms in total. The van der Waals surface area contributed by atoms with Crippen molar-refractivity contribution >= 4 is 27.5 Å². The first-order valence-corrected chi connectivity index (χ1v) is 13.7. The summed E-state index contributed by atoms with van der Waals surface area (Å²) < 4.78 is 26.6.